The second-order valence-corrected chi connectivity index (χ2v) is 17.5. The largest absolute Gasteiger partial charge is 0.414 e. The van der Waals surface area contributed by atoms with Gasteiger partial charge in [0.05, 0.1) is 29.0 Å². The number of ether oxygens (including phenoxy) is 4. The molecule has 2 aliphatic heterocycles. The van der Waals surface area contributed by atoms with Crippen molar-refractivity contribution >= 4 is 48.1 Å². The van der Waals surface area contributed by atoms with E-state index in [1.165, 1.54) is 18.0 Å². The summed E-state index contributed by atoms with van der Waals surface area (Å²) in [6, 6.07) is 0.0773. The molecule has 1 amide bonds. The van der Waals surface area contributed by atoms with Crippen LogP contribution in [-0.4, -0.2) is 78.4 Å². The second kappa shape index (κ2) is 12.6. The average molecular weight is 676 g/mol. The van der Waals surface area contributed by atoms with Gasteiger partial charge in [-0.05, 0) is 79.8 Å². The zero-order valence-electron chi connectivity index (χ0n) is 26.5. The first-order valence-electron chi connectivity index (χ1n) is 14.9. The van der Waals surface area contributed by atoms with Gasteiger partial charge in [0.25, 0.3) is 0 Å². The topological polar surface area (TPSA) is 145 Å². The van der Waals surface area contributed by atoms with Crippen LogP contribution in [0.4, 0.5) is 4.79 Å². The van der Waals surface area contributed by atoms with Crippen molar-refractivity contribution in [3.8, 4) is 5.88 Å². The third-order valence-corrected chi connectivity index (χ3v) is 11.4. The number of hydrogen-bond acceptors (Lipinski definition) is 12. The molecule has 5 rings (SSSR count). The van der Waals surface area contributed by atoms with E-state index in [2.05, 4.69) is 20.4 Å². The summed E-state index contributed by atoms with van der Waals surface area (Å²) in [5.74, 6) is -0.449. The van der Waals surface area contributed by atoms with Crippen LogP contribution >= 0.6 is 31.0 Å². The molecule has 3 aliphatic rings. The minimum Gasteiger partial charge on any atom is -0.390 e. The normalized spacial score (nSPS) is 25.9. The van der Waals surface area contributed by atoms with Crippen LogP contribution < -0.4 is 10.1 Å². The SMILES string of the molecule is CC(C)(C)OP(=O)(CSC[C@H]1O[C@@H](n2ncc3c(OC(=O)NC4CCCC4)nc(Cl)nc32)[C@@H]2OC(C)(C)O[C@@H]21)OC(C)(C)C. The summed E-state index contributed by atoms with van der Waals surface area (Å²) in [7, 11) is -3.46. The van der Waals surface area contributed by atoms with Gasteiger partial charge in [-0.3, -0.25) is 4.57 Å². The summed E-state index contributed by atoms with van der Waals surface area (Å²) >= 11 is 7.68. The number of amides is 1. The molecule has 13 nitrogen and oxygen atoms in total. The highest BCUT2D eigenvalue weighted by Gasteiger charge is 2.56. The lowest BCUT2D eigenvalue weighted by molar-refractivity contribution is -0.195. The number of nitrogens with one attached hydrogen (secondary N) is 1. The Hall–Kier alpha value is -1.51. The molecule has 0 bridgehead atoms. The molecule has 2 aromatic heterocycles. The van der Waals surface area contributed by atoms with Crippen LogP contribution in [0.3, 0.4) is 0 Å². The molecule has 0 unspecified atom stereocenters. The Labute approximate surface area is 267 Å². The van der Waals surface area contributed by atoms with E-state index < -0.39 is 55.2 Å². The molecule has 3 fully saturated rings. The van der Waals surface area contributed by atoms with Gasteiger partial charge in [-0.15, -0.1) is 11.8 Å². The van der Waals surface area contributed by atoms with Gasteiger partial charge < -0.3 is 33.3 Å². The van der Waals surface area contributed by atoms with Crippen LogP contribution in [0.1, 0.15) is 87.3 Å². The van der Waals surface area contributed by atoms with Gasteiger partial charge in [0.1, 0.15) is 17.6 Å². The standard InChI is InChI=1S/C28H43ClN5O8PS/c1-26(2,3)41-43(36,42-27(4,5)6)15-44-14-18-19-20(40-28(7,8)39-19)23(37-18)34-21-17(13-30-34)22(33-24(29)32-21)38-25(35)31-16-11-9-10-12-16/h13,16,18-20,23H,9-12,14-15H2,1-8H3,(H,31,35)/t18-,19-,20-,23-/m1/s1. The van der Waals surface area contributed by atoms with E-state index in [1.54, 1.807) is 4.68 Å². The molecular formula is C28H43ClN5O8PS. The van der Waals surface area contributed by atoms with E-state index in [0.717, 1.165) is 25.7 Å². The Morgan fingerprint density at radius 2 is 1.75 bits per heavy atom. The number of aromatic nitrogens is 4. The molecule has 4 atom stereocenters. The Kier molecular flexibility index (Phi) is 9.69. The predicted molar refractivity (Wildman–Crippen MR) is 166 cm³/mol. The van der Waals surface area contributed by atoms with Crippen molar-refractivity contribution < 1.29 is 37.4 Å². The van der Waals surface area contributed by atoms with Crippen molar-refractivity contribution in [2.45, 2.75) is 129 Å². The quantitative estimate of drug-likeness (QED) is 0.230. The third kappa shape index (κ3) is 8.25. The minimum absolute atomic E-state index is 0.000712. The van der Waals surface area contributed by atoms with Crippen molar-refractivity contribution in [1.82, 2.24) is 25.1 Å². The third-order valence-electron chi connectivity index (χ3n) is 6.98. The summed E-state index contributed by atoms with van der Waals surface area (Å²) in [4.78, 5) is 21.1. The predicted octanol–water partition coefficient (Wildman–Crippen LogP) is 6.44. The van der Waals surface area contributed by atoms with Gasteiger partial charge in [0.15, 0.2) is 17.7 Å². The first kappa shape index (κ1) is 33.8. The summed E-state index contributed by atoms with van der Waals surface area (Å²) in [5, 5.41) is 7.69. The molecule has 0 aromatic carbocycles. The van der Waals surface area contributed by atoms with Crippen molar-refractivity contribution in [1.29, 1.82) is 0 Å². The van der Waals surface area contributed by atoms with E-state index in [1.807, 2.05) is 55.4 Å². The summed E-state index contributed by atoms with van der Waals surface area (Å²) in [6.07, 6.45) is 2.71. The van der Waals surface area contributed by atoms with Crippen LogP contribution in [0.5, 0.6) is 5.88 Å². The Morgan fingerprint density at radius 3 is 2.39 bits per heavy atom. The van der Waals surface area contributed by atoms with Gasteiger partial charge >= 0.3 is 13.7 Å². The van der Waals surface area contributed by atoms with Crippen LogP contribution in [0, 0.1) is 0 Å². The maximum atomic E-state index is 13.7. The van der Waals surface area contributed by atoms with E-state index in [4.69, 9.17) is 39.6 Å². The van der Waals surface area contributed by atoms with Gasteiger partial charge in [0.2, 0.25) is 11.2 Å². The number of fused-ring (bicyclic) bond motifs is 2. The van der Waals surface area contributed by atoms with E-state index in [0.29, 0.717) is 16.8 Å². The Bertz CT molecular complexity index is 1390. The Balaban J connectivity index is 1.34. The van der Waals surface area contributed by atoms with Crippen LogP contribution in [-0.2, 0) is 27.8 Å². The maximum Gasteiger partial charge on any atom is 0.414 e. The van der Waals surface area contributed by atoms with Gasteiger partial charge in [-0.1, -0.05) is 12.8 Å². The van der Waals surface area contributed by atoms with E-state index in [-0.39, 0.29) is 22.7 Å². The number of halogens is 1. The highest BCUT2D eigenvalue weighted by Crippen LogP contribution is 2.57. The molecule has 0 radical (unpaired) electrons. The summed E-state index contributed by atoms with van der Waals surface area (Å²) in [6.45, 7) is 14.8. The Morgan fingerprint density at radius 1 is 1.11 bits per heavy atom. The van der Waals surface area contributed by atoms with Gasteiger partial charge in [-0.2, -0.15) is 15.1 Å². The number of rotatable bonds is 9. The highest BCUT2D eigenvalue weighted by atomic mass is 35.5. The lowest BCUT2D eigenvalue weighted by atomic mass is 10.1. The number of carbonyl (C=O) groups excluding carboxylic acids is 1. The lowest BCUT2D eigenvalue weighted by Gasteiger charge is -2.32. The molecule has 2 aromatic rings. The van der Waals surface area contributed by atoms with Crippen LogP contribution in [0.2, 0.25) is 5.28 Å². The monoisotopic (exact) mass is 675 g/mol. The second-order valence-electron chi connectivity index (χ2n) is 13.8. The number of thioether (sulfide) groups is 1. The lowest BCUT2D eigenvalue weighted by Crippen LogP contribution is -2.35. The maximum absolute atomic E-state index is 13.7. The zero-order chi connectivity index (χ0) is 32.1. The number of carbonyl (C=O) groups is 1. The summed E-state index contributed by atoms with van der Waals surface area (Å²) in [5.41, 5.74) is -0.860. The molecule has 1 saturated carbocycles. The van der Waals surface area contributed by atoms with Crippen molar-refractivity contribution in [2.24, 2.45) is 0 Å². The van der Waals surface area contributed by atoms with Gasteiger partial charge in [0, 0.05) is 11.8 Å². The van der Waals surface area contributed by atoms with Crippen LogP contribution in [0.15, 0.2) is 6.20 Å². The summed E-state index contributed by atoms with van der Waals surface area (Å²) < 4.78 is 51.7. The van der Waals surface area contributed by atoms with Crippen molar-refractivity contribution in [3.63, 3.8) is 0 Å². The van der Waals surface area contributed by atoms with Crippen molar-refractivity contribution in [2.75, 3.05) is 11.2 Å². The van der Waals surface area contributed by atoms with E-state index >= 15 is 0 Å². The molecule has 2 saturated heterocycles. The smallest absolute Gasteiger partial charge is 0.390 e. The average Bonchev–Trinajstić information content (AvgIpc) is 3.61. The van der Waals surface area contributed by atoms with E-state index in [9.17, 15) is 9.36 Å². The fourth-order valence-corrected chi connectivity index (χ4v) is 9.77. The first-order chi connectivity index (χ1) is 20.4. The number of nitrogens with zero attached hydrogens (tertiary/aromatic N) is 4. The molecular weight excluding hydrogens is 633 g/mol. The zero-order valence-corrected chi connectivity index (χ0v) is 29.0. The fourth-order valence-electron chi connectivity index (χ4n) is 5.67. The fraction of sp³-hybridized carbons (Fsp3) is 0.786. The van der Waals surface area contributed by atoms with Crippen LogP contribution in [0.25, 0.3) is 11.0 Å². The molecule has 16 heteroatoms. The molecule has 246 valence electrons. The van der Waals surface area contributed by atoms with Crippen molar-refractivity contribution in [3.05, 3.63) is 11.5 Å². The minimum atomic E-state index is -3.46. The molecule has 1 aliphatic carbocycles. The molecule has 44 heavy (non-hydrogen) atoms. The molecule has 0 spiro atoms. The number of hydrogen-bond donors (Lipinski definition) is 1. The highest BCUT2D eigenvalue weighted by molar-refractivity contribution is 8.04. The molecule has 1 N–H and O–H groups in total. The first-order valence-corrected chi connectivity index (χ1v) is 18.1. The molecule has 4 heterocycles. The van der Waals surface area contributed by atoms with Gasteiger partial charge in [-0.25, -0.2) is 9.48 Å².